The summed E-state index contributed by atoms with van der Waals surface area (Å²) in [6.07, 6.45) is 3.28. The normalized spacial score (nSPS) is 19.4. The van der Waals surface area contributed by atoms with Crippen LogP contribution in [0.4, 0.5) is 42.1 Å². The number of benzene rings is 3. The number of carbonyl (C=O) groups excluding carboxylic acids is 3. The Morgan fingerprint density at radius 3 is 2.48 bits per heavy atom. The van der Waals surface area contributed by atoms with Crippen molar-refractivity contribution in [3.63, 3.8) is 0 Å². The van der Waals surface area contributed by atoms with Gasteiger partial charge in [-0.05, 0) is 68.5 Å². The topological polar surface area (TPSA) is 240 Å². The first-order valence-corrected chi connectivity index (χ1v) is 24.2. The Hall–Kier alpha value is -6.45. The molecule has 4 aliphatic heterocycles. The number of aromatic nitrogens is 4. The summed E-state index contributed by atoms with van der Waals surface area (Å²) in [5.41, 5.74) is -2.03. The molecule has 4 saturated heterocycles. The first kappa shape index (κ1) is 47.6. The number of ether oxygens (including phenoxy) is 1. The van der Waals surface area contributed by atoms with Gasteiger partial charge in [0.2, 0.25) is 11.8 Å². The molecule has 0 aliphatic carbocycles. The van der Waals surface area contributed by atoms with E-state index in [1.165, 1.54) is 41.0 Å². The number of halogens is 3. The van der Waals surface area contributed by atoms with Crippen LogP contribution in [-0.2, 0) is 31.6 Å². The molecule has 0 radical (unpaired) electrons. The number of urea groups is 1. The van der Waals surface area contributed by atoms with Crippen LogP contribution in [0.15, 0.2) is 47.5 Å². The van der Waals surface area contributed by atoms with Gasteiger partial charge in [0.05, 0.1) is 80.8 Å². The van der Waals surface area contributed by atoms with Crippen LogP contribution in [0.3, 0.4) is 0 Å². The van der Waals surface area contributed by atoms with Gasteiger partial charge in [-0.2, -0.15) is 23.1 Å². The van der Waals surface area contributed by atoms with Crippen molar-refractivity contribution in [3.05, 3.63) is 75.3 Å². The van der Waals surface area contributed by atoms with Gasteiger partial charge in [0.1, 0.15) is 23.3 Å². The molecule has 1 atom stereocenters. The number of nitriles is 1. The lowest BCUT2D eigenvalue weighted by molar-refractivity contribution is -0.142. The average molecular weight is 991 g/mol. The summed E-state index contributed by atoms with van der Waals surface area (Å²) in [6.45, 7) is 3.39. The number of hydrogen-bond acceptors (Lipinski definition) is 13. The van der Waals surface area contributed by atoms with Crippen LogP contribution in [0.1, 0.15) is 63.5 Å². The number of anilines is 5. The highest BCUT2D eigenvalue weighted by molar-refractivity contribution is 7.90. The maximum atomic E-state index is 15.7. The quantitative estimate of drug-likeness (QED) is 0.141. The van der Waals surface area contributed by atoms with Gasteiger partial charge in [-0.3, -0.25) is 38.6 Å². The van der Waals surface area contributed by atoms with Crippen LogP contribution >= 0.6 is 11.6 Å². The minimum Gasteiger partial charge on any atom is -0.389 e. The molecule has 24 heteroatoms. The summed E-state index contributed by atoms with van der Waals surface area (Å²) in [4.78, 5) is 61.4. The molecule has 5 aromatic rings. The molecule has 1 spiro atoms. The minimum atomic E-state index is -4.06. The SMILES string of the molecule is CCN(C)S(=O)(=O)Nc1ccc(F)c(Nc2ccc3ncn(C4COC5(CCN(C(=O)CC6(O)CCN(c7cc8c(cc7F)c(N7CCC(=O)NC7=O)nn8C)CC6)CC5)C4)c(=O)c3c2Cl)c1C#N. The largest absolute Gasteiger partial charge is 0.389 e. The number of nitrogens with zero attached hydrogens (tertiary/aromatic N) is 9. The van der Waals surface area contributed by atoms with Crippen LogP contribution in [0.25, 0.3) is 21.8 Å². The van der Waals surface area contributed by atoms with Crippen LogP contribution in [0, 0.1) is 23.0 Å². The number of fused-ring (bicyclic) bond motifs is 2. The van der Waals surface area contributed by atoms with Gasteiger partial charge in [-0.15, -0.1) is 0 Å². The average Bonchev–Trinajstić information content (AvgIpc) is 3.87. The summed E-state index contributed by atoms with van der Waals surface area (Å²) in [5.74, 6) is -1.75. The predicted molar refractivity (Wildman–Crippen MR) is 252 cm³/mol. The van der Waals surface area contributed by atoms with E-state index in [0.29, 0.717) is 48.9 Å². The second-order valence-corrected chi connectivity index (χ2v) is 20.2. The van der Waals surface area contributed by atoms with E-state index in [9.17, 15) is 38.0 Å². The van der Waals surface area contributed by atoms with Gasteiger partial charge in [0, 0.05) is 65.2 Å². The molecule has 20 nitrogen and oxygen atoms in total. The zero-order valence-electron chi connectivity index (χ0n) is 37.9. The summed E-state index contributed by atoms with van der Waals surface area (Å²) in [5, 5.41) is 31.5. The molecule has 0 saturated carbocycles. The van der Waals surface area contributed by atoms with Crippen molar-refractivity contribution < 1.29 is 41.4 Å². The second kappa shape index (κ2) is 18.1. The molecular weight excluding hydrogens is 942 g/mol. The fourth-order valence-corrected chi connectivity index (χ4v) is 10.9. The number of aryl methyl sites for hydroxylation is 1. The number of likely N-dealkylation sites (tertiary alicyclic amines) is 1. The Morgan fingerprint density at radius 2 is 1.78 bits per heavy atom. The molecule has 4 aliphatic rings. The summed E-state index contributed by atoms with van der Waals surface area (Å²) in [6, 6.07) is 8.91. The number of carbonyl (C=O) groups is 3. The third kappa shape index (κ3) is 8.91. The van der Waals surface area contributed by atoms with Gasteiger partial charge in [-0.25, -0.2) is 18.6 Å². The van der Waals surface area contributed by atoms with Crippen molar-refractivity contribution in [1.29, 1.82) is 5.26 Å². The van der Waals surface area contributed by atoms with Gasteiger partial charge < -0.3 is 25.0 Å². The number of hydrogen-bond donors (Lipinski definition) is 4. The molecule has 6 heterocycles. The molecule has 3 aromatic carbocycles. The fourth-order valence-electron chi connectivity index (χ4n) is 9.66. The Kier molecular flexibility index (Phi) is 12.5. The second-order valence-electron chi connectivity index (χ2n) is 18.0. The first-order valence-electron chi connectivity index (χ1n) is 22.4. The van der Waals surface area contributed by atoms with E-state index < -0.39 is 50.7 Å². The maximum Gasteiger partial charge on any atom is 0.329 e. The highest BCUT2D eigenvalue weighted by atomic mass is 35.5. The van der Waals surface area contributed by atoms with Gasteiger partial charge in [-0.1, -0.05) is 18.5 Å². The number of aliphatic hydroxyl groups is 1. The van der Waals surface area contributed by atoms with E-state index in [2.05, 4.69) is 25.4 Å². The molecule has 9 rings (SSSR count). The zero-order chi connectivity index (χ0) is 49.2. The Bertz CT molecular complexity index is 3150. The summed E-state index contributed by atoms with van der Waals surface area (Å²) in [7, 11) is -1.02. The van der Waals surface area contributed by atoms with E-state index in [1.54, 1.807) is 29.6 Å². The Labute approximate surface area is 399 Å². The highest BCUT2D eigenvalue weighted by Gasteiger charge is 2.45. The van der Waals surface area contributed by atoms with Crippen molar-refractivity contribution in [3.8, 4) is 6.07 Å². The zero-order valence-corrected chi connectivity index (χ0v) is 39.5. The maximum absolute atomic E-state index is 15.7. The predicted octanol–water partition coefficient (Wildman–Crippen LogP) is 4.63. The highest BCUT2D eigenvalue weighted by Crippen LogP contribution is 2.42. The number of piperidine rings is 2. The van der Waals surface area contributed by atoms with Crippen LogP contribution in [0.5, 0.6) is 0 Å². The lowest BCUT2D eigenvalue weighted by Crippen LogP contribution is -2.51. The smallest absolute Gasteiger partial charge is 0.329 e. The fraction of sp³-hybridized carbons (Fsp3) is 0.444. The van der Waals surface area contributed by atoms with E-state index in [4.69, 9.17) is 16.3 Å². The van der Waals surface area contributed by atoms with Crippen molar-refractivity contribution in [1.82, 2.24) is 33.9 Å². The van der Waals surface area contributed by atoms with Crippen molar-refractivity contribution in [2.24, 2.45) is 7.05 Å². The molecule has 364 valence electrons. The molecule has 4 amide bonds. The van der Waals surface area contributed by atoms with Crippen molar-refractivity contribution >= 4 is 90.0 Å². The summed E-state index contributed by atoms with van der Waals surface area (Å²) < 4.78 is 69.2. The van der Waals surface area contributed by atoms with Crippen molar-refractivity contribution in [2.45, 2.75) is 69.1 Å². The standard InChI is InChI=1S/C45H49ClF2N12O8S/c1-4-55(2)69(66,67)54-31-6-5-29(47)40(28(31)23-49)51-33-8-7-32-38(39(33)46)42(63)60(25-50-32)26-21-45(68-24-26)12-17-58(18-13-45)37(62)22-44(65)10-15-57(16-11-44)35-20-34-27(19-30(35)48)41(53-56(34)3)59-14-9-36(61)52-43(59)64/h5-8,19-20,25-26,51,54,65H,4,9-18,21-22,24H2,1-3H3,(H,52,61,64). The van der Waals surface area contributed by atoms with E-state index in [1.807, 2.05) is 11.0 Å². The van der Waals surface area contributed by atoms with E-state index in [0.717, 1.165) is 16.4 Å². The first-order chi connectivity index (χ1) is 32.8. The Morgan fingerprint density at radius 1 is 1.06 bits per heavy atom. The summed E-state index contributed by atoms with van der Waals surface area (Å²) >= 11 is 6.83. The van der Waals surface area contributed by atoms with Crippen LogP contribution < -0.4 is 30.7 Å². The number of amides is 4. The monoisotopic (exact) mass is 990 g/mol. The third-order valence-corrected chi connectivity index (χ3v) is 15.8. The van der Waals surface area contributed by atoms with E-state index >= 15 is 8.78 Å². The minimum absolute atomic E-state index is 0.0354. The van der Waals surface area contributed by atoms with Crippen LogP contribution in [0.2, 0.25) is 5.02 Å². The third-order valence-electron chi connectivity index (χ3n) is 13.8. The molecule has 1 unspecified atom stereocenters. The lowest BCUT2D eigenvalue weighted by atomic mass is 9.85. The molecule has 69 heavy (non-hydrogen) atoms. The van der Waals surface area contributed by atoms with E-state index in [-0.39, 0.29) is 115 Å². The van der Waals surface area contributed by atoms with Crippen molar-refractivity contribution in [2.75, 3.05) is 72.8 Å². The number of nitrogens with one attached hydrogen (secondary N) is 3. The van der Waals surface area contributed by atoms with Crippen LogP contribution in [-0.4, -0.2) is 124 Å². The number of imide groups is 1. The Balaban J connectivity index is 0.825. The van der Waals surface area contributed by atoms with Gasteiger partial charge in [0.25, 0.3) is 5.56 Å². The van der Waals surface area contributed by atoms with Gasteiger partial charge in [0.15, 0.2) is 5.82 Å². The molecule has 2 aromatic heterocycles. The molecule has 4 fully saturated rings. The lowest BCUT2D eigenvalue weighted by Gasteiger charge is -2.42. The number of rotatable bonds is 11. The molecule has 4 N–H and O–H groups in total. The molecular formula is C45H49ClF2N12O8S. The van der Waals surface area contributed by atoms with Gasteiger partial charge >= 0.3 is 16.2 Å². The molecule has 0 bridgehead atoms.